The van der Waals surface area contributed by atoms with E-state index < -0.39 is 5.97 Å². The van der Waals surface area contributed by atoms with Crippen molar-refractivity contribution >= 4 is 17.1 Å². The molecule has 0 unspecified atom stereocenters. The number of rotatable bonds is 3. The number of imidazole rings is 1. The van der Waals surface area contributed by atoms with Gasteiger partial charge < -0.3 is 5.11 Å². The normalized spacial score (nSPS) is 10.8. The van der Waals surface area contributed by atoms with Crippen molar-refractivity contribution in [3.8, 4) is 11.4 Å². The molecule has 6 heteroatoms. The van der Waals surface area contributed by atoms with E-state index >= 15 is 0 Å². The number of pyridine rings is 1. The smallest absolute Gasteiger partial charge is 0.323 e. The van der Waals surface area contributed by atoms with Crippen LogP contribution >= 0.6 is 0 Å². The third-order valence-electron chi connectivity index (χ3n) is 2.90. The minimum absolute atomic E-state index is 0.250. The fraction of sp³-hybridized carbons (Fsp3) is 0.0714. The zero-order chi connectivity index (χ0) is 14.1. The molecule has 2 heterocycles. The Morgan fingerprint density at radius 2 is 2.00 bits per heavy atom. The van der Waals surface area contributed by atoms with Gasteiger partial charge >= 0.3 is 5.97 Å². The van der Waals surface area contributed by atoms with E-state index in [0.717, 1.165) is 0 Å². The number of hydrogen-bond acceptors (Lipinski definition) is 3. The Labute approximate surface area is 113 Å². The molecule has 0 aliphatic heterocycles. The zero-order valence-electron chi connectivity index (χ0n) is 10.3. The second-order valence-electron chi connectivity index (χ2n) is 4.27. The van der Waals surface area contributed by atoms with Crippen LogP contribution in [-0.2, 0) is 11.3 Å². The van der Waals surface area contributed by atoms with Gasteiger partial charge in [0.2, 0.25) is 0 Å². The molecule has 20 heavy (non-hydrogen) atoms. The summed E-state index contributed by atoms with van der Waals surface area (Å²) in [5, 5.41) is 9.02. The molecule has 5 nitrogen and oxygen atoms in total. The SMILES string of the molecule is O=C(O)Cn1c(-c2ccc(F)cc2)nc2cccnc21. The molecular weight excluding hydrogens is 261 g/mol. The van der Waals surface area contributed by atoms with Crippen molar-refractivity contribution in [2.24, 2.45) is 0 Å². The molecule has 100 valence electrons. The lowest BCUT2D eigenvalue weighted by molar-refractivity contribution is -0.137. The number of benzene rings is 1. The van der Waals surface area contributed by atoms with Gasteiger partial charge in [0.05, 0.1) is 0 Å². The number of carbonyl (C=O) groups is 1. The number of halogens is 1. The summed E-state index contributed by atoms with van der Waals surface area (Å²) in [5.41, 5.74) is 1.74. The van der Waals surface area contributed by atoms with E-state index in [0.29, 0.717) is 22.6 Å². The summed E-state index contributed by atoms with van der Waals surface area (Å²) >= 11 is 0. The van der Waals surface area contributed by atoms with Crippen LogP contribution in [0, 0.1) is 5.82 Å². The highest BCUT2D eigenvalue weighted by Gasteiger charge is 2.15. The number of carboxylic acid groups (broad SMARTS) is 1. The van der Waals surface area contributed by atoms with Crippen LogP contribution in [0.5, 0.6) is 0 Å². The zero-order valence-corrected chi connectivity index (χ0v) is 10.3. The molecule has 0 aliphatic rings. The molecular formula is C14H10FN3O2. The molecule has 3 rings (SSSR count). The Bertz CT molecular complexity index is 781. The topological polar surface area (TPSA) is 68.0 Å². The monoisotopic (exact) mass is 271 g/mol. The third-order valence-corrected chi connectivity index (χ3v) is 2.90. The number of carboxylic acids is 1. The van der Waals surface area contributed by atoms with Crippen LogP contribution in [0.4, 0.5) is 4.39 Å². The number of nitrogens with zero attached hydrogens (tertiary/aromatic N) is 3. The van der Waals surface area contributed by atoms with Crippen molar-refractivity contribution in [2.75, 3.05) is 0 Å². The van der Waals surface area contributed by atoms with Gasteiger partial charge in [-0.2, -0.15) is 0 Å². The van der Waals surface area contributed by atoms with E-state index in [2.05, 4.69) is 9.97 Å². The lowest BCUT2D eigenvalue weighted by atomic mass is 10.2. The molecule has 0 radical (unpaired) electrons. The van der Waals surface area contributed by atoms with Gasteiger partial charge in [0.15, 0.2) is 5.65 Å². The summed E-state index contributed by atoms with van der Waals surface area (Å²) in [6, 6.07) is 9.24. The van der Waals surface area contributed by atoms with Gasteiger partial charge in [0.1, 0.15) is 23.7 Å². The fourth-order valence-corrected chi connectivity index (χ4v) is 2.06. The minimum Gasteiger partial charge on any atom is -0.480 e. The molecule has 1 aromatic carbocycles. The number of aliphatic carboxylic acids is 1. The Balaban J connectivity index is 2.23. The number of aromatic nitrogens is 3. The molecule has 1 N–H and O–H groups in total. The van der Waals surface area contributed by atoms with E-state index in [4.69, 9.17) is 5.11 Å². The molecule has 0 saturated carbocycles. The van der Waals surface area contributed by atoms with Crippen LogP contribution in [0.25, 0.3) is 22.6 Å². The molecule has 3 aromatic rings. The molecule has 0 aliphatic carbocycles. The van der Waals surface area contributed by atoms with E-state index in [1.807, 2.05) is 0 Å². The standard InChI is InChI=1S/C14H10FN3O2/c15-10-5-3-9(4-6-10)13-17-11-2-1-7-16-14(11)18(13)8-12(19)20/h1-7H,8H2,(H,19,20). The lowest BCUT2D eigenvalue weighted by Crippen LogP contribution is -2.10. The summed E-state index contributed by atoms with van der Waals surface area (Å²) < 4.78 is 14.5. The van der Waals surface area contributed by atoms with Crippen molar-refractivity contribution in [1.29, 1.82) is 0 Å². The van der Waals surface area contributed by atoms with Gasteiger partial charge in [-0.15, -0.1) is 0 Å². The maximum Gasteiger partial charge on any atom is 0.323 e. The largest absolute Gasteiger partial charge is 0.480 e. The van der Waals surface area contributed by atoms with Crippen LogP contribution in [0.3, 0.4) is 0 Å². The fourth-order valence-electron chi connectivity index (χ4n) is 2.06. The molecule has 2 aromatic heterocycles. The van der Waals surface area contributed by atoms with Crippen LogP contribution in [0.15, 0.2) is 42.6 Å². The summed E-state index contributed by atoms with van der Waals surface area (Å²) in [5.74, 6) is -0.882. The minimum atomic E-state index is -0.988. The van der Waals surface area contributed by atoms with Crippen LogP contribution < -0.4 is 0 Å². The van der Waals surface area contributed by atoms with Crippen molar-refractivity contribution in [1.82, 2.24) is 14.5 Å². The Hall–Kier alpha value is -2.76. The number of hydrogen-bond donors (Lipinski definition) is 1. The number of fused-ring (bicyclic) bond motifs is 1. The van der Waals surface area contributed by atoms with Gasteiger partial charge in [-0.05, 0) is 36.4 Å². The van der Waals surface area contributed by atoms with Crippen molar-refractivity contribution in [3.05, 3.63) is 48.4 Å². The van der Waals surface area contributed by atoms with E-state index in [-0.39, 0.29) is 12.4 Å². The first-order chi connectivity index (χ1) is 9.65. The average Bonchev–Trinajstić information content (AvgIpc) is 2.78. The first-order valence-corrected chi connectivity index (χ1v) is 5.94. The van der Waals surface area contributed by atoms with Gasteiger partial charge in [-0.3, -0.25) is 9.36 Å². The predicted octanol–water partition coefficient (Wildman–Crippen LogP) is 2.32. The molecule has 0 fully saturated rings. The quantitative estimate of drug-likeness (QED) is 0.793. The third kappa shape index (κ3) is 2.11. The second-order valence-corrected chi connectivity index (χ2v) is 4.27. The molecule has 0 amide bonds. The van der Waals surface area contributed by atoms with Crippen LogP contribution in [-0.4, -0.2) is 25.6 Å². The highest BCUT2D eigenvalue weighted by atomic mass is 19.1. The van der Waals surface area contributed by atoms with Crippen LogP contribution in [0.1, 0.15) is 0 Å². The molecule has 0 atom stereocenters. The van der Waals surface area contributed by atoms with Crippen LogP contribution in [0.2, 0.25) is 0 Å². The predicted molar refractivity (Wildman–Crippen MR) is 70.6 cm³/mol. The Morgan fingerprint density at radius 1 is 1.25 bits per heavy atom. The summed E-state index contributed by atoms with van der Waals surface area (Å²) in [6.07, 6.45) is 1.58. The van der Waals surface area contributed by atoms with Gasteiger partial charge in [-0.25, -0.2) is 14.4 Å². The van der Waals surface area contributed by atoms with E-state index in [9.17, 15) is 9.18 Å². The van der Waals surface area contributed by atoms with Crippen molar-refractivity contribution < 1.29 is 14.3 Å². The van der Waals surface area contributed by atoms with Crippen molar-refractivity contribution in [2.45, 2.75) is 6.54 Å². The highest BCUT2D eigenvalue weighted by Crippen LogP contribution is 2.23. The maximum atomic E-state index is 13.0. The average molecular weight is 271 g/mol. The van der Waals surface area contributed by atoms with Gasteiger partial charge in [-0.1, -0.05) is 0 Å². The van der Waals surface area contributed by atoms with E-state index in [1.54, 1.807) is 30.5 Å². The summed E-state index contributed by atoms with van der Waals surface area (Å²) in [7, 11) is 0. The van der Waals surface area contributed by atoms with Gasteiger partial charge in [0.25, 0.3) is 0 Å². The highest BCUT2D eigenvalue weighted by molar-refractivity contribution is 5.79. The Kier molecular flexibility index (Phi) is 2.90. The summed E-state index contributed by atoms with van der Waals surface area (Å²) in [4.78, 5) is 19.6. The van der Waals surface area contributed by atoms with Crippen molar-refractivity contribution in [3.63, 3.8) is 0 Å². The summed E-state index contributed by atoms with van der Waals surface area (Å²) in [6.45, 7) is -0.250. The van der Waals surface area contributed by atoms with Gasteiger partial charge in [0, 0.05) is 11.8 Å². The molecule has 0 saturated heterocycles. The first-order valence-electron chi connectivity index (χ1n) is 5.94. The Morgan fingerprint density at radius 3 is 2.70 bits per heavy atom. The maximum absolute atomic E-state index is 13.0. The molecule has 0 bridgehead atoms. The second kappa shape index (κ2) is 4.73. The lowest BCUT2D eigenvalue weighted by Gasteiger charge is -2.05. The van der Waals surface area contributed by atoms with E-state index in [1.165, 1.54) is 16.7 Å². The first kappa shape index (κ1) is 12.3. The molecule has 0 spiro atoms.